The van der Waals surface area contributed by atoms with E-state index in [1.165, 1.54) is 6.07 Å². The van der Waals surface area contributed by atoms with E-state index >= 15 is 0 Å². The van der Waals surface area contributed by atoms with Gasteiger partial charge in [0.15, 0.2) is 0 Å². The lowest BCUT2D eigenvalue weighted by Gasteiger charge is -2.11. The van der Waals surface area contributed by atoms with Crippen molar-refractivity contribution in [2.24, 2.45) is 5.92 Å². The van der Waals surface area contributed by atoms with E-state index < -0.39 is 0 Å². The van der Waals surface area contributed by atoms with Crippen molar-refractivity contribution < 1.29 is 9.90 Å². The molecule has 0 fully saturated rings. The maximum Gasteiger partial charge on any atom is 0.255 e. The molecular weight excluding hydrogens is 352 g/mol. The van der Waals surface area contributed by atoms with Gasteiger partial charge in [0, 0.05) is 16.0 Å². The lowest BCUT2D eigenvalue weighted by molar-refractivity contribution is 0.0945. The molecule has 1 aromatic carbocycles. The number of carbonyl (C=O) groups excluding carboxylic acids is 1. The average Bonchev–Trinajstić information content (AvgIpc) is 2.29. The predicted octanol–water partition coefficient (Wildman–Crippen LogP) is 2.99. The van der Waals surface area contributed by atoms with Crippen molar-refractivity contribution in [3.8, 4) is 5.75 Å². The van der Waals surface area contributed by atoms with Crippen molar-refractivity contribution in [2.45, 2.75) is 13.3 Å². The molecule has 0 aliphatic heterocycles. The molecule has 0 heterocycles. The minimum atomic E-state index is -0.248. The maximum atomic E-state index is 11.8. The van der Waals surface area contributed by atoms with Gasteiger partial charge in [0.25, 0.3) is 5.91 Å². The van der Waals surface area contributed by atoms with Crippen LogP contribution in [0.5, 0.6) is 5.75 Å². The van der Waals surface area contributed by atoms with Crippen molar-refractivity contribution in [3.63, 3.8) is 0 Å². The van der Waals surface area contributed by atoms with Crippen LogP contribution in [0.3, 0.4) is 0 Å². The molecule has 0 aliphatic rings. The molecule has 0 bridgehead atoms. The molecule has 1 rings (SSSR count). The molecule has 1 atom stereocenters. The van der Waals surface area contributed by atoms with E-state index in [-0.39, 0.29) is 11.7 Å². The Balaban J connectivity index is 2.61. The van der Waals surface area contributed by atoms with Crippen LogP contribution in [0.4, 0.5) is 0 Å². The maximum absolute atomic E-state index is 11.8. The summed E-state index contributed by atoms with van der Waals surface area (Å²) >= 11 is 7.72. The Kier molecular flexibility index (Phi) is 6.05. The highest BCUT2D eigenvalue weighted by Gasteiger charge is 2.12. The Labute approximate surface area is 120 Å². The second kappa shape index (κ2) is 7.06. The van der Waals surface area contributed by atoms with Gasteiger partial charge in [0.1, 0.15) is 5.75 Å². The summed E-state index contributed by atoms with van der Waals surface area (Å²) in [6.07, 6.45) is 0.861. The molecule has 1 unspecified atom stereocenters. The molecule has 1 aromatic rings. The monoisotopic (exact) mass is 367 g/mol. The third-order valence-electron chi connectivity index (χ3n) is 2.42. The van der Waals surface area contributed by atoms with Gasteiger partial charge in [-0.2, -0.15) is 0 Å². The smallest absolute Gasteiger partial charge is 0.255 e. The second-order valence-electron chi connectivity index (χ2n) is 3.95. The molecule has 0 aromatic heterocycles. The Hall–Kier alpha value is -0.490. The highest BCUT2D eigenvalue weighted by atomic mass is 127. The fraction of sp³-hybridized carbons (Fsp3) is 0.417. The topological polar surface area (TPSA) is 49.3 Å². The van der Waals surface area contributed by atoms with Gasteiger partial charge >= 0.3 is 0 Å². The lowest BCUT2D eigenvalue weighted by Crippen LogP contribution is -2.28. The van der Waals surface area contributed by atoms with Crippen LogP contribution in [0, 0.1) is 9.49 Å². The number of nitrogens with one attached hydrogen (secondary N) is 1. The Morgan fingerprint density at radius 1 is 1.59 bits per heavy atom. The molecule has 0 saturated heterocycles. The number of phenolic OH excluding ortho intramolecular Hbond substituents is 1. The molecule has 0 radical (unpaired) electrons. The van der Waals surface area contributed by atoms with E-state index in [0.717, 1.165) is 9.99 Å². The fourth-order valence-electron chi connectivity index (χ4n) is 1.34. The van der Waals surface area contributed by atoms with Gasteiger partial charge in [-0.15, -0.1) is 11.6 Å². The minimum Gasteiger partial charge on any atom is -0.507 e. The highest BCUT2D eigenvalue weighted by Crippen LogP contribution is 2.19. The fourth-order valence-corrected chi connectivity index (χ4v) is 2.20. The van der Waals surface area contributed by atoms with Gasteiger partial charge in [0.2, 0.25) is 0 Å². The molecule has 3 nitrogen and oxygen atoms in total. The summed E-state index contributed by atoms with van der Waals surface area (Å²) in [7, 11) is 0. The molecule has 94 valence electrons. The van der Waals surface area contributed by atoms with Gasteiger partial charge < -0.3 is 10.4 Å². The van der Waals surface area contributed by atoms with Gasteiger partial charge in [-0.3, -0.25) is 4.79 Å². The zero-order valence-corrected chi connectivity index (χ0v) is 12.5. The number of benzene rings is 1. The zero-order valence-electron chi connectivity index (χ0n) is 9.54. The number of aromatic hydroxyl groups is 1. The summed E-state index contributed by atoms with van der Waals surface area (Å²) < 4.78 is 0.916. The number of carbonyl (C=O) groups is 1. The van der Waals surface area contributed by atoms with Crippen molar-refractivity contribution in [1.29, 1.82) is 0 Å². The molecule has 5 heteroatoms. The number of phenols is 1. The molecule has 0 aliphatic carbocycles. The number of hydrogen-bond donors (Lipinski definition) is 2. The van der Waals surface area contributed by atoms with Crippen LogP contribution in [0.25, 0.3) is 0 Å². The van der Waals surface area contributed by atoms with Gasteiger partial charge in [-0.25, -0.2) is 0 Å². The number of hydrogen-bond acceptors (Lipinski definition) is 2. The lowest BCUT2D eigenvalue weighted by atomic mass is 10.1. The summed E-state index contributed by atoms with van der Waals surface area (Å²) in [5, 5.41) is 12.4. The number of amides is 1. The van der Waals surface area contributed by atoms with Crippen LogP contribution >= 0.6 is 34.2 Å². The van der Waals surface area contributed by atoms with Crippen LogP contribution < -0.4 is 5.32 Å². The van der Waals surface area contributed by atoms with E-state index in [1.54, 1.807) is 12.1 Å². The summed E-state index contributed by atoms with van der Waals surface area (Å²) in [5.74, 6) is 0.683. The van der Waals surface area contributed by atoms with E-state index in [4.69, 9.17) is 11.6 Å². The van der Waals surface area contributed by atoms with Crippen LogP contribution in [0.15, 0.2) is 18.2 Å². The Bertz CT molecular complexity index is 398. The largest absolute Gasteiger partial charge is 0.507 e. The predicted molar refractivity (Wildman–Crippen MR) is 77.7 cm³/mol. The summed E-state index contributed by atoms with van der Waals surface area (Å²) in [6, 6.07) is 4.94. The van der Waals surface area contributed by atoms with Gasteiger partial charge in [-0.1, -0.05) is 6.92 Å². The average molecular weight is 368 g/mol. The van der Waals surface area contributed by atoms with E-state index in [2.05, 4.69) is 27.9 Å². The Morgan fingerprint density at radius 3 is 2.94 bits per heavy atom. The molecule has 2 N–H and O–H groups in total. The van der Waals surface area contributed by atoms with Gasteiger partial charge in [-0.05, 0) is 53.1 Å². The SMILES string of the molecule is CC(CCCl)CNC(=O)c1cc(I)ccc1O. The number of alkyl halides is 1. The quantitative estimate of drug-likeness (QED) is 0.621. The first-order chi connectivity index (χ1) is 8.04. The van der Waals surface area contributed by atoms with Crippen LogP contribution in [-0.4, -0.2) is 23.4 Å². The molecule has 1 amide bonds. The first-order valence-electron chi connectivity index (χ1n) is 5.37. The van der Waals surface area contributed by atoms with Crippen molar-refractivity contribution in [3.05, 3.63) is 27.3 Å². The first kappa shape index (κ1) is 14.6. The minimum absolute atomic E-state index is 0.00733. The van der Waals surface area contributed by atoms with E-state index in [0.29, 0.717) is 23.9 Å². The highest BCUT2D eigenvalue weighted by molar-refractivity contribution is 14.1. The number of halogens is 2. The zero-order chi connectivity index (χ0) is 12.8. The van der Waals surface area contributed by atoms with Crippen LogP contribution in [-0.2, 0) is 0 Å². The summed E-state index contributed by atoms with van der Waals surface area (Å²) in [4.78, 5) is 11.8. The molecule has 0 saturated carbocycles. The summed E-state index contributed by atoms with van der Waals surface area (Å²) in [6.45, 7) is 2.59. The first-order valence-corrected chi connectivity index (χ1v) is 6.98. The van der Waals surface area contributed by atoms with Crippen molar-refractivity contribution in [2.75, 3.05) is 12.4 Å². The van der Waals surface area contributed by atoms with Crippen molar-refractivity contribution in [1.82, 2.24) is 5.32 Å². The standard InChI is InChI=1S/C12H15ClINO2/c1-8(4-5-13)7-15-12(17)10-6-9(14)2-3-11(10)16/h2-3,6,8,16H,4-5,7H2,1H3,(H,15,17). The normalized spacial score (nSPS) is 12.2. The molecule has 0 spiro atoms. The molecular formula is C12H15ClINO2. The molecule has 17 heavy (non-hydrogen) atoms. The number of rotatable bonds is 5. The van der Waals surface area contributed by atoms with Crippen molar-refractivity contribution >= 4 is 40.1 Å². The van der Waals surface area contributed by atoms with E-state index in [9.17, 15) is 9.90 Å². The summed E-state index contributed by atoms with van der Waals surface area (Å²) in [5.41, 5.74) is 0.315. The van der Waals surface area contributed by atoms with Gasteiger partial charge in [0.05, 0.1) is 5.56 Å². The van der Waals surface area contributed by atoms with E-state index in [1.807, 2.05) is 6.92 Å². The van der Waals surface area contributed by atoms with Crippen LogP contribution in [0.1, 0.15) is 23.7 Å². The van der Waals surface area contributed by atoms with Crippen LogP contribution in [0.2, 0.25) is 0 Å². The third kappa shape index (κ3) is 4.71. The second-order valence-corrected chi connectivity index (χ2v) is 5.58. The third-order valence-corrected chi connectivity index (χ3v) is 3.31. The Morgan fingerprint density at radius 2 is 2.29 bits per heavy atom.